The molecule has 1 aromatic rings. The maximum absolute atomic E-state index is 12.2. The molecule has 9 heteroatoms. The minimum Gasteiger partial charge on any atom is -0.460 e. The summed E-state index contributed by atoms with van der Waals surface area (Å²) in [5.74, 6) is -1.18. The van der Waals surface area contributed by atoms with E-state index < -0.39 is 41.8 Å². The number of rotatable bonds is 4. The lowest BCUT2D eigenvalue weighted by Gasteiger charge is -2.24. The van der Waals surface area contributed by atoms with Crippen LogP contribution in [0.3, 0.4) is 0 Å². The third-order valence-electron chi connectivity index (χ3n) is 4.17. The minimum absolute atomic E-state index is 0.356. The Morgan fingerprint density at radius 3 is 2.54 bits per heavy atom. The first-order valence-corrected chi connectivity index (χ1v) is 7.32. The third kappa shape index (κ3) is 2.51. The number of azide groups is 1. The molecule has 0 spiro atoms. The van der Waals surface area contributed by atoms with Crippen molar-refractivity contribution in [1.82, 2.24) is 0 Å². The number of hydrogen-bond acceptors (Lipinski definition) is 6. The summed E-state index contributed by atoms with van der Waals surface area (Å²) in [4.78, 5) is 26.3. The van der Waals surface area contributed by atoms with Crippen LogP contribution in [-0.4, -0.2) is 49.6 Å². The van der Waals surface area contributed by atoms with Gasteiger partial charge < -0.3 is 14.2 Å². The van der Waals surface area contributed by atoms with E-state index in [1.54, 1.807) is 24.3 Å². The second-order valence-electron chi connectivity index (χ2n) is 5.82. The summed E-state index contributed by atoms with van der Waals surface area (Å²) in [6, 6.07) is 5.88. The van der Waals surface area contributed by atoms with E-state index in [1.807, 2.05) is 6.92 Å². The van der Waals surface area contributed by atoms with Crippen LogP contribution in [-0.2, 0) is 19.0 Å². The zero-order chi connectivity index (χ0) is 17.5. The van der Waals surface area contributed by atoms with E-state index in [2.05, 4.69) is 10.0 Å². The van der Waals surface area contributed by atoms with Crippen molar-refractivity contribution in [3.8, 4) is 0 Å². The number of esters is 2. The molecule has 1 saturated heterocycles. The average molecular weight is 327 g/mol. The molecule has 0 aromatic heterocycles. The number of nitrogens with zero attached hydrogens (tertiary/aromatic N) is 3. The largest absolute Gasteiger partial charge is 0.460 e. The lowest BCUT2D eigenvalue weighted by molar-refractivity contribution is -0.150. The lowest BCUT2D eigenvalue weighted by Crippen LogP contribution is -2.42. The van der Waals surface area contributed by atoms with Gasteiger partial charge in [0.25, 0.3) is 0 Å². The van der Waals surface area contributed by atoms with Crippen LogP contribution in [0.5, 0.6) is 0 Å². The first kappa shape index (κ1) is 16.4. The molecule has 8 nitrogen and oxygen atoms in total. The zero-order valence-electron chi connectivity index (χ0n) is 13.1. The van der Waals surface area contributed by atoms with Crippen LogP contribution in [0, 0.1) is 6.92 Å². The van der Waals surface area contributed by atoms with Gasteiger partial charge in [0.1, 0.15) is 26.2 Å². The predicted molar refractivity (Wildman–Crippen MR) is 82.2 cm³/mol. The van der Waals surface area contributed by atoms with E-state index in [0.29, 0.717) is 5.56 Å². The molecule has 0 amide bonds. The molecule has 2 unspecified atom stereocenters. The van der Waals surface area contributed by atoms with Crippen LogP contribution in [0.2, 0.25) is 0 Å². The summed E-state index contributed by atoms with van der Waals surface area (Å²) in [6.45, 7) is 3.11. The summed E-state index contributed by atoms with van der Waals surface area (Å²) in [5.41, 5.74) is 8.88. The van der Waals surface area contributed by atoms with Crippen molar-refractivity contribution in [3.05, 3.63) is 45.8 Å². The van der Waals surface area contributed by atoms with Gasteiger partial charge in [0, 0.05) is 11.8 Å². The highest BCUT2D eigenvalue weighted by atomic mass is 16.6. The van der Waals surface area contributed by atoms with Crippen molar-refractivity contribution >= 4 is 19.8 Å². The van der Waals surface area contributed by atoms with Crippen LogP contribution < -0.4 is 0 Å². The topological polar surface area (TPSA) is 111 Å². The standard InChI is InChI=1S/C15H14BN3O5/c1-7-3-5-9(6-4-7)14(21)24-11-10-15(11,18-19-17)12(13(16)23-10)22-8(2)20/h3-6,10-13H,1-2H3/t10-,11?,12+,13-,15?/m1/s1. The van der Waals surface area contributed by atoms with Crippen molar-refractivity contribution in [2.45, 2.75) is 43.7 Å². The van der Waals surface area contributed by atoms with Crippen molar-refractivity contribution in [2.75, 3.05) is 0 Å². The van der Waals surface area contributed by atoms with Gasteiger partial charge in [0.2, 0.25) is 0 Å². The maximum atomic E-state index is 12.2. The third-order valence-corrected chi connectivity index (χ3v) is 4.17. The van der Waals surface area contributed by atoms with E-state index in [1.165, 1.54) is 6.92 Å². The molecule has 3 rings (SSSR count). The normalized spacial score (nSPS) is 33.1. The molecule has 1 saturated carbocycles. The lowest BCUT2D eigenvalue weighted by atomic mass is 9.90. The van der Waals surface area contributed by atoms with Crippen molar-refractivity contribution in [1.29, 1.82) is 0 Å². The van der Waals surface area contributed by atoms with Crippen LogP contribution in [0.15, 0.2) is 29.4 Å². The van der Waals surface area contributed by atoms with Gasteiger partial charge in [-0.25, -0.2) is 4.79 Å². The number of fused-ring (bicyclic) bond motifs is 1. The Morgan fingerprint density at radius 2 is 1.96 bits per heavy atom. The molecule has 2 fully saturated rings. The highest BCUT2D eigenvalue weighted by Gasteiger charge is 2.79. The number of carbonyl (C=O) groups excluding carboxylic acids is 2. The molecule has 1 aliphatic heterocycles. The van der Waals surface area contributed by atoms with Gasteiger partial charge in [0.15, 0.2) is 5.54 Å². The highest BCUT2D eigenvalue weighted by molar-refractivity contribution is 6.12. The second kappa shape index (κ2) is 5.85. The van der Waals surface area contributed by atoms with E-state index in [9.17, 15) is 9.59 Å². The summed E-state index contributed by atoms with van der Waals surface area (Å²) in [6.07, 6.45) is -2.60. The summed E-state index contributed by atoms with van der Waals surface area (Å²) >= 11 is 0. The number of ether oxygens (including phenoxy) is 3. The van der Waals surface area contributed by atoms with Gasteiger partial charge in [-0.1, -0.05) is 22.8 Å². The Bertz CT molecular complexity index is 733. The molecule has 0 bridgehead atoms. The molecule has 1 heterocycles. The number of carbonyl (C=O) groups is 2. The molecule has 122 valence electrons. The summed E-state index contributed by atoms with van der Waals surface area (Å²) in [5, 5.41) is 3.68. The van der Waals surface area contributed by atoms with Crippen molar-refractivity contribution in [2.24, 2.45) is 5.11 Å². The van der Waals surface area contributed by atoms with Crippen LogP contribution >= 0.6 is 0 Å². The van der Waals surface area contributed by atoms with E-state index in [-0.39, 0.29) is 0 Å². The number of benzene rings is 1. The van der Waals surface area contributed by atoms with Gasteiger partial charge in [-0.2, -0.15) is 0 Å². The molecular formula is C15H14BN3O5. The molecule has 2 aliphatic rings. The molecule has 1 aliphatic carbocycles. The summed E-state index contributed by atoms with van der Waals surface area (Å²) in [7, 11) is 5.76. The second-order valence-corrected chi connectivity index (χ2v) is 5.82. The quantitative estimate of drug-likeness (QED) is 0.273. The number of aryl methyl sites for hydroxylation is 1. The molecule has 24 heavy (non-hydrogen) atoms. The van der Waals surface area contributed by atoms with Crippen LogP contribution in [0.25, 0.3) is 10.4 Å². The van der Waals surface area contributed by atoms with Crippen LogP contribution in [0.1, 0.15) is 22.8 Å². The summed E-state index contributed by atoms with van der Waals surface area (Å²) < 4.78 is 15.9. The smallest absolute Gasteiger partial charge is 0.338 e. The van der Waals surface area contributed by atoms with Gasteiger partial charge >= 0.3 is 11.9 Å². The monoisotopic (exact) mass is 327 g/mol. The fourth-order valence-electron chi connectivity index (χ4n) is 2.96. The molecule has 2 radical (unpaired) electrons. The SMILES string of the molecule is [B][C@@H]1O[C@@H]2C(OC(=O)c3ccc(C)cc3)C2(N=[N+]=[N-])[C@H]1OC(C)=O. The predicted octanol–water partition coefficient (Wildman–Crippen LogP) is 1.41. The minimum atomic E-state index is -1.32. The van der Waals surface area contributed by atoms with Gasteiger partial charge in [-0.3, -0.25) is 4.79 Å². The Morgan fingerprint density at radius 1 is 1.29 bits per heavy atom. The van der Waals surface area contributed by atoms with E-state index >= 15 is 0 Å². The van der Waals surface area contributed by atoms with E-state index in [4.69, 9.17) is 27.6 Å². The van der Waals surface area contributed by atoms with Crippen molar-refractivity contribution < 1.29 is 23.8 Å². The highest BCUT2D eigenvalue weighted by Crippen LogP contribution is 2.56. The Kier molecular flexibility index (Phi) is 3.99. The molecule has 0 N–H and O–H groups in total. The fraction of sp³-hybridized carbons (Fsp3) is 0.467. The number of hydrogen-bond donors (Lipinski definition) is 0. The zero-order valence-corrected chi connectivity index (χ0v) is 13.1. The van der Waals surface area contributed by atoms with Gasteiger partial charge in [-0.05, 0) is 24.6 Å². The van der Waals surface area contributed by atoms with Gasteiger partial charge in [0.05, 0.1) is 11.6 Å². The molecular weight excluding hydrogens is 313 g/mol. The Labute approximate surface area is 139 Å². The maximum Gasteiger partial charge on any atom is 0.338 e. The first-order valence-electron chi connectivity index (χ1n) is 7.32. The first-order chi connectivity index (χ1) is 11.4. The Hall–Kier alpha value is -2.51. The average Bonchev–Trinajstić information content (AvgIpc) is 3.00. The Balaban J connectivity index is 1.80. The van der Waals surface area contributed by atoms with E-state index in [0.717, 1.165) is 5.56 Å². The molecule has 5 atom stereocenters. The van der Waals surface area contributed by atoms with Crippen LogP contribution in [0.4, 0.5) is 0 Å². The molecule has 1 aromatic carbocycles. The fourth-order valence-corrected chi connectivity index (χ4v) is 2.96. The van der Waals surface area contributed by atoms with Gasteiger partial charge in [-0.15, -0.1) is 0 Å². The van der Waals surface area contributed by atoms with Crippen molar-refractivity contribution in [3.63, 3.8) is 0 Å².